The summed E-state index contributed by atoms with van der Waals surface area (Å²) in [6.45, 7) is 18.7. The second-order valence-electron chi connectivity index (χ2n) is 11.3. The Balaban J connectivity index is 2.09. The average molecular weight is 391 g/mol. The third-order valence-electron chi connectivity index (χ3n) is 6.99. The number of hydrogen-bond donors (Lipinski definition) is 0. The van der Waals surface area contributed by atoms with Gasteiger partial charge in [-0.05, 0) is 56.5 Å². The maximum atomic E-state index is 2.53. The molecule has 0 nitrogen and oxygen atoms in total. The van der Waals surface area contributed by atoms with Gasteiger partial charge in [-0.1, -0.05) is 117 Å². The van der Waals surface area contributed by atoms with Gasteiger partial charge in [0, 0.05) is 5.92 Å². The molecule has 0 bridgehead atoms. The van der Waals surface area contributed by atoms with Gasteiger partial charge in [-0.25, -0.2) is 0 Å². The fourth-order valence-electron chi connectivity index (χ4n) is 4.86. The Morgan fingerprint density at radius 2 is 1.24 bits per heavy atom. The Labute approximate surface area is 180 Å². The SMILES string of the molecule is CCCCC(CC)CC1c2cc(C(C)(C)C)ccc2-c2ccc(C(C)(C)C)cc21. The molecule has 29 heavy (non-hydrogen) atoms. The van der Waals surface area contributed by atoms with Gasteiger partial charge in [0.05, 0.1) is 0 Å². The highest BCUT2D eigenvalue weighted by Crippen LogP contribution is 2.50. The van der Waals surface area contributed by atoms with E-state index in [1.165, 1.54) is 54.4 Å². The van der Waals surface area contributed by atoms with E-state index in [0.29, 0.717) is 5.92 Å². The molecular weight excluding hydrogens is 348 g/mol. The van der Waals surface area contributed by atoms with E-state index in [2.05, 4.69) is 91.8 Å². The molecule has 0 saturated carbocycles. The second-order valence-corrected chi connectivity index (χ2v) is 11.3. The molecule has 1 atom stereocenters. The van der Waals surface area contributed by atoms with E-state index in [1.54, 1.807) is 11.1 Å². The smallest absolute Gasteiger partial charge is 0.0104 e. The first-order valence-electron chi connectivity index (χ1n) is 11.9. The van der Waals surface area contributed by atoms with Gasteiger partial charge in [0.15, 0.2) is 0 Å². The van der Waals surface area contributed by atoms with Crippen LogP contribution in [0.5, 0.6) is 0 Å². The molecule has 158 valence electrons. The summed E-state index contributed by atoms with van der Waals surface area (Å²) in [5.41, 5.74) is 9.42. The first-order valence-corrected chi connectivity index (χ1v) is 11.9. The van der Waals surface area contributed by atoms with Gasteiger partial charge >= 0.3 is 0 Å². The van der Waals surface area contributed by atoms with Crippen LogP contribution in [0, 0.1) is 5.92 Å². The van der Waals surface area contributed by atoms with E-state index in [-0.39, 0.29) is 10.8 Å². The summed E-state index contributed by atoms with van der Waals surface area (Å²) in [5.74, 6) is 1.36. The van der Waals surface area contributed by atoms with Gasteiger partial charge in [0.25, 0.3) is 0 Å². The highest BCUT2D eigenvalue weighted by Gasteiger charge is 2.32. The largest absolute Gasteiger partial charge is 0.0654 e. The third kappa shape index (κ3) is 4.62. The molecule has 0 aromatic heterocycles. The Bertz CT molecular complexity index is 778. The van der Waals surface area contributed by atoms with Crippen molar-refractivity contribution >= 4 is 0 Å². The lowest BCUT2D eigenvalue weighted by Gasteiger charge is -2.25. The summed E-state index contributed by atoms with van der Waals surface area (Å²) in [6, 6.07) is 14.6. The molecule has 3 rings (SSSR count). The molecule has 0 aliphatic heterocycles. The van der Waals surface area contributed by atoms with Crippen molar-refractivity contribution in [3.05, 3.63) is 58.7 Å². The third-order valence-corrected chi connectivity index (χ3v) is 6.99. The molecule has 0 saturated heterocycles. The van der Waals surface area contributed by atoms with E-state index in [9.17, 15) is 0 Å². The molecule has 0 radical (unpaired) electrons. The van der Waals surface area contributed by atoms with Crippen LogP contribution in [0.3, 0.4) is 0 Å². The molecule has 1 aliphatic carbocycles. The maximum Gasteiger partial charge on any atom is 0.0104 e. The standard InChI is InChI=1S/C29H42/c1-9-11-12-20(10-2)17-25-26-18-21(28(3,4)5)13-15-23(26)24-16-14-22(19-27(24)25)29(6,7)8/h13-16,18-20,25H,9-12,17H2,1-8H3. The molecule has 0 heterocycles. The van der Waals surface area contributed by atoms with Crippen molar-refractivity contribution in [2.24, 2.45) is 5.92 Å². The van der Waals surface area contributed by atoms with Gasteiger partial charge in [0.2, 0.25) is 0 Å². The van der Waals surface area contributed by atoms with E-state index >= 15 is 0 Å². The zero-order chi connectivity index (χ0) is 21.4. The summed E-state index contributed by atoms with van der Waals surface area (Å²) in [5, 5.41) is 0. The number of fused-ring (bicyclic) bond motifs is 3. The minimum Gasteiger partial charge on any atom is -0.0654 e. The summed E-state index contributed by atoms with van der Waals surface area (Å²) in [7, 11) is 0. The average Bonchev–Trinajstić information content (AvgIpc) is 2.96. The van der Waals surface area contributed by atoms with Crippen molar-refractivity contribution in [2.45, 2.75) is 104 Å². The van der Waals surface area contributed by atoms with Gasteiger partial charge in [-0.2, -0.15) is 0 Å². The Morgan fingerprint density at radius 3 is 1.62 bits per heavy atom. The number of unbranched alkanes of at least 4 members (excludes halogenated alkanes) is 1. The fourth-order valence-corrected chi connectivity index (χ4v) is 4.86. The van der Waals surface area contributed by atoms with Crippen LogP contribution in [0.25, 0.3) is 11.1 Å². The van der Waals surface area contributed by atoms with Crippen molar-refractivity contribution in [2.75, 3.05) is 0 Å². The summed E-state index contributed by atoms with van der Waals surface area (Å²) in [6.07, 6.45) is 6.61. The van der Waals surface area contributed by atoms with E-state index in [1.807, 2.05) is 0 Å². The Hall–Kier alpha value is -1.56. The van der Waals surface area contributed by atoms with Gasteiger partial charge < -0.3 is 0 Å². The van der Waals surface area contributed by atoms with Gasteiger partial charge in [-0.15, -0.1) is 0 Å². The van der Waals surface area contributed by atoms with Crippen LogP contribution in [-0.4, -0.2) is 0 Å². The van der Waals surface area contributed by atoms with Crippen LogP contribution < -0.4 is 0 Å². The molecule has 1 unspecified atom stereocenters. The molecule has 0 amide bonds. The summed E-state index contributed by atoms with van der Waals surface area (Å²) in [4.78, 5) is 0. The normalized spacial score (nSPS) is 15.3. The molecule has 0 heteroatoms. The number of rotatable bonds is 6. The van der Waals surface area contributed by atoms with Crippen LogP contribution in [0.15, 0.2) is 36.4 Å². The van der Waals surface area contributed by atoms with E-state index in [4.69, 9.17) is 0 Å². The lowest BCUT2D eigenvalue weighted by molar-refractivity contribution is 0.404. The molecule has 0 N–H and O–H groups in total. The molecular formula is C29H42. The van der Waals surface area contributed by atoms with Crippen LogP contribution in [0.2, 0.25) is 0 Å². The highest BCUT2D eigenvalue weighted by molar-refractivity contribution is 5.79. The lowest BCUT2D eigenvalue weighted by Crippen LogP contribution is -2.13. The minimum absolute atomic E-state index is 0.192. The van der Waals surface area contributed by atoms with Crippen molar-refractivity contribution in [3.63, 3.8) is 0 Å². The second kappa shape index (κ2) is 8.29. The molecule has 2 aromatic rings. The van der Waals surface area contributed by atoms with E-state index < -0.39 is 0 Å². The topological polar surface area (TPSA) is 0 Å². The van der Waals surface area contributed by atoms with Crippen molar-refractivity contribution in [1.29, 1.82) is 0 Å². The zero-order valence-electron chi connectivity index (χ0n) is 20.2. The van der Waals surface area contributed by atoms with Crippen LogP contribution >= 0.6 is 0 Å². The van der Waals surface area contributed by atoms with Crippen LogP contribution in [-0.2, 0) is 10.8 Å². The Morgan fingerprint density at radius 1 is 0.759 bits per heavy atom. The highest BCUT2D eigenvalue weighted by atomic mass is 14.4. The number of benzene rings is 2. The maximum absolute atomic E-state index is 2.53. The monoisotopic (exact) mass is 390 g/mol. The molecule has 0 fully saturated rings. The van der Waals surface area contributed by atoms with Crippen LogP contribution in [0.4, 0.5) is 0 Å². The predicted molar refractivity (Wildman–Crippen MR) is 129 cm³/mol. The molecule has 1 aliphatic rings. The van der Waals surface area contributed by atoms with Crippen LogP contribution in [0.1, 0.15) is 116 Å². The Kier molecular flexibility index (Phi) is 6.32. The summed E-state index contributed by atoms with van der Waals surface area (Å²) < 4.78 is 0. The zero-order valence-corrected chi connectivity index (χ0v) is 20.2. The number of hydrogen-bond acceptors (Lipinski definition) is 0. The summed E-state index contributed by atoms with van der Waals surface area (Å²) >= 11 is 0. The van der Waals surface area contributed by atoms with Gasteiger partial charge in [0.1, 0.15) is 0 Å². The van der Waals surface area contributed by atoms with E-state index in [0.717, 1.165) is 5.92 Å². The minimum atomic E-state index is 0.192. The molecule has 2 aromatic carbocycles. The molecule has 0 spiro atoms. The first-order chi connectivity index (χ1) is 13.6. The van der Waals surface area contributed by atoms with Crippen molar-refractivity contribution in [1.82, 2.24) is 0 Å². The lowest BCUT2D eigenvalue weighted by atomic mass is 9.79. The van der Waals surface area contributed by atoms with Crippen molar-refractivity contribution in [3.8, 4) is 11.1 Å². The van der Waals surface area contributed by atoms with Crippen molar-refractivity contribution < 1.29 is 0 Å². The fraction of sp³-hybridized carbons (Fsp3) is 0.586. The van der Waals surface area contributed by atoms with Gasteiger partial charge in [-0.3, -0.25) is 0 Å². The first kappa shape index (κ1) is 22.1. The quantitative estimate of drug-likeness (QED) is 0.461. The predicted octanol–water partition coefficient (Wildman–Crippen LogP) is 9.00.